The lowest BCUT2D eigenvalue weighted by Crippen LogP contribution is -2.53. The summed E-state index contributed by atoms with van der Waals surface area (Å²) in [5, 5.41) is 5.40. The molecule has 1 aliphatic heterocycles. The van der Waals surface area contributed by atoms with Crippen molar-refractivity contribution < 1.29 is 0 Å². The second-order valence-corrected chi connectivity index (χ2v) is 8.94. The van der Waals surface area contributed by atoms with Gasteiger partial charge >= 0.3 is 0 Å². The Morgan fingerprint density at radius 2 is 1.57 bits per heavy atom. The molecule has 4 bridgehead atoms. The summed E-state index contributed by atoms with van der Waals surface area (Å²) in [7, 11) is 0. The van der Waals surface area contributed by atoms with Crippen molar-refractivity contribution in [3.05, 3.63) is 27.7 Å². The average Bonchev–Trinajstić information content (AvgIpc) is 2.82. The fraction of sp³-hybridized carbons (Fsp3) is 0.667. The van der Waals surface area contributed by atoms with Crippen LogP contribution >= 0.6 is 23.2 Å². The van der Waals surface area contributed by atoms with Gasteiger partial charge in [-0.2, -0.15) is 0 Å². The van der Waals surface area contributed by atoms with Crippen LogP contribution in [0.15, 0.2) is 12.1 Å². The average molecular weight is 322 g/mol. The normalized spacial score (nSPS) is 43.0. The third kappa shape index (κ3) is 1.90. The Kier molecular flexibility index (Phi) is 2.69. The van der Waals surface area contributed by atoms with Crippen LogP contribution in [0.3, 0.4) is 0 Å². The summed E-state index contributed by atoms with van der Waals surface area (Å²) in [5.74, 6) is 3.00. The summed E-state index contributed by atoms with van der Waals surface area (Å²) in [6.07, 6.45) is 9.93. The van der Waals surface area contributed by atoms with Gasteiger partial charge in [0.2, 0.25) is 0 Å². The van der Waals surface area contributed by atoms with Crippen molar-refractivity contribution in [1.29, 1.82) is 0 Å². The van der Waals surface area contributed by atoms with E-state index < -0.39 is 0 Å². The molecule has 0 aromatic heterocycles. The Morgan fingerprint density at radius 3 is 2.19 bits per heavy atom. The van der Waals surface area contributed by atoms with Crippen LogP contribution < -0.4 is 5.32 Å². The highest BCUT2D eigenvalue weighted by molar-refractivity contribution is 6.35. The molecule has 1 aromatic rings. The summed E-state index contributed by atoms with van der Waals surface area (Å²) in [4.78, 5) is 0. The first-order valence-corrected chi connectivity index (χ1v) is 9.11. The lowest BCUT2D eigenvalue weighted by Gasteiger charge is -2.59. The predicted octanol–water partition coefficient (Wildman–Crippen LogP) is 5.55. The van der Waals surface area contributed by atoms with Crippen LogP contribution in [-0.4, -0.2) is 6.04 Å². The molecular weight excluding hydrogens is 301 g/mol. The number of rotatable bonds is 1. The van der Waals surface area contributed by atoms with Crippen molar-refractivity contribution in [1.82, 2.24) is 0 Å². The minimum atomic E-state index is 0.531. The maximum absolute atomic E-state index is 6.42. The van der Waals surface area contributed by atoms with E-state index in [1.807, 2.05) is 6.07 Å². The highest BCUT2D eigenvalue weighted by Gasteiger charge is 2.55. The molecule has 0 spiro atoms. The molecule has 112 valence electrons. The second kappa shape index (κ2) is 4.32. The number of fused-ring (bicyclic) bond motifs is 1. The van der Waals surface area contributed by atoms with Gasteiger partial charge in [-0.25, -0.2) is 0 Å². The smallest absolute Gasteiger partial charge is 0.0474 e. The van der Waals surface area contributed by atoms with E-state index in [1.165, 1.54) is 49.8 Å². The minimum absolute atomic E-state index is 0.531. The van der Waals surface area contributed by atoms with Gasteiger partial charge in [0.15, 0.2) is 0 Å². The molecule has 0 saturated heterocycles. The van der Waals surface area contributed by atoms with Crippen LogP contribution in [0.4, 0.5) is 5.69 Å². The van der Waals surface area contributed by atoms with Crippen LogP contribution in [0.1, 0.15) is 44.1 Å². The highest BCUT2D eigenvalue weighted by atomic mass is 35.5. The molecule has 1 atom stereocenters. The van der Waals surface area contributed by atoms with Crippen molar-refractivity contribution in [3.8, 4) is 0 Å². The SMILES string of the molecule is Clc1cc(Cl)c2c(c1)NC(C13CC4CC(CC(C4)C1)C3)C2. The quantitative estimate of drug-likeness (QED) is 0.715. The monoisotopic (exact) mass is 321 g/mol. The molecule has 1 aromatic carbocycles. The van der Waals surface area contributed by atoms with E-state index in [0.29, 0.717) is 11.5 Å². The summed E-state index contributed by atoms with van der Waals surface area (Å²) in [5.41, 5.74) is 3.01. The van der Waals surface area contributed by atoms with Crippen LogP contribution in [0.5, 0.6) is 0 Å². The van der Waals surface area contributed by atoms with Gasteiger partial charge in [-0.05, 0) is 85.8 Å². The number of hydrogen-bond donors (Lipinski definition) is 1. The molecule has 0 radical (unpaired) electrons. The topological polar surface area (TPSA) is 12.0 Å². The van der Waals surface area contributed by atoms with Gasteiger partial charge in [0.1, 0.15) is 0 Å². The predicted molar refractivity (Wildman–Crippen MR) is 88.2 cm³/mol. The Balaban J connectivity index is 1.49. The Morgan fingerprint density at radius 1 is 0.952 bits per heavy atom. The first-order chi connectivity index (χ1) is 10.1. The molecule has 4 aliphatic carbocycles. The molecule has 1 heterocycles. The molecule has 1 nitrogen and oxygen atoms in total. The fourth-order valence-electron chi connectivity index (χ4n) is 6.36. The van der Waals surface area contributed by atoms with Gasteiger partial charge in [0.05, 0.1) is 0 Å². The summed E-state index contributed by atoms with van der Waals surface area (Å²) < 4.78 is 0. The zero-order chi connectivity index (χ0) is 14.2. The van der Waals surface area contributed by atoms with Crippen molar-refractivity contribution in [2.75, 3.05) is 5.32 Å². The van der Waals surface area contributed by atoms with E-state index in [2.05, 4.69) is 11.4 Å². The van der Waals surface area contributed by atoms with Gasteiger partial charge < -0.3 is 5.32 Å². The first kappa shape index (κ1) is 13.1. The lowest BCUT2D eigenvalue weighted by molar-refractivity contribution is -0.0619. The number of nitrogens with one attached hydrogen (secondary N) is 1. The number of hydrogen-bond acceptors (Lipinski definition) is 1. The first-order valence-electron chi connectivity index (χ1n) is 8.36. The van der Waals surface area contributed by atoms with E-state index in [9.17, 15) is 0 Å². The second-order valence-electron chi connectivity index (χ2n) is 8.09. The lowest BCUT2D eigenvalue weighted by atomic mass is 9.47. The number of benzene rings is 1. The molecular formula is C18H21Cl2N. The van der Waals surface area contributed by atoms with Gasteiger partial charge in [0, 0.05) is 21.8 Å². The summed E-state index contributed by atoms with van der Waals surface area (Å²) in [6, 6.07) is 4.53. The van der Waals surface area contributed by atoms with Crippen LogP contribution in [-0.2, 0) is 6.42 Å². The van der Waals surface area contributed by atoms with Crippen molar-refractivity contribution in [2.45, 2.75) is 51.0 Å². The summed E-state index contributed by atoms with van der Waals surface area (Å²) in [6.45, 7) is 0. The highest BCUT2D eigenvalue weighted by Crippen LogP contribution is 2.62. The number of anilines is 1. The Labute approximate surface area is 136 Å². The standard InChI is InChI=1S/C18H21Cl2N/c19-13-4-15(20)14-6-17(21-16(14)5-13)18-7-10-1-11(8-18)3-12(2-10)9-18/h4-5,10-12,17,21H,1-3,6-9H2. The molecule has 4 saturated carbocycles. The zero-order valence-electron chi connectivity index (χ0n) is 12.2. The Bertz CT molecular complexity index is 574. The Hall–Kier alpha value is -0.400. The van der Waals surface area contributed by atoms with Crippen LogP contribution in [0.25, 0.3) is 0 Å². The molecule has 6 rings (SSSR count). The van der Waals surface area contributed by atoms with Gasteiger partial charge in [-0.15, -0.1) is 0 Å². The summed E-state index contributed by atoms with van der Waals surface area (Å²) >= 11 is 12.6. The minimum Gasteiger partial charge on any atom is -0.381 e. The molecule has 3 heteroatoms. The van der Waals surface area contributed by atoms with E-state index in [-0.39, 0.29) is 0 Å². The largest absolute Gasteiger partial charge is 0.381 e. The van der Waals surface area contributed by atoms with Crippen molar-refractivity contribution >= 4 is 28.9 Å². The van der Waals surface area contributed by atoms with E-state index in [0.717, 1.165) is 34.2 Å². The number of halogens is 2. The third-order valence-corrected chi connectivity index (χ3v) is 7.28. The molecule has 0 amide bonds. The fourth-order valence-corrected chi connectivity index (χ4v) is 6.93. The maximum atomic E-state index is 6.42. The molecule has 5 aliphatic rings. The van der Waals surface area contributed by atoms with Crippen molar-refractivity contribution in [2.24, 2.45) is 23.2 Å². The van der Waals surface area contributed by atoms with Gasteiger partial charge in [-0.1, -0.05) is 23.2 Å². The molecule has 1 N–H and O–H groups in total. The maximum Gasteiger partial charge on any atom is 0.0474 e. The molecule has 21 heavy (non-hydrogen) atoms. The molecule has 1 unspecified atom stereocenters. The zero-order valence-corrected chi connectivity index (χ0v) is 13.7. The van der Waals surface area contributed by atoms with Crippen molar-refractivity contribution in [3.63, 3.8) is 0 Å². The third-order valence-electron chi connectivity index (χ3n) is 6.72. The van der Waals surface area contributed by atoms with E-state index >= 15 is 0 Å². The van der Waals surface area contributed by atoms with Crippen LogP contribution in [0, 0.1) is 23.2 Å². The van der Waals surface area contributed by atoms with E-state index in [4.69, 9.17) is 23.2 Å². The molecule has 4 fully saturated rings. The van der Waals surface area contributed by atoms with Crippen LogP contribution in [0.2, 0.25) is 10.0 Å². The van der Waals surface area contributed by atoms with Gasteiger partial charge in [0.25, 0.3) is 0 Å². The van der Waals surface area contributed by atoms with E-state index in [1.54, 1.807) is 0 Å². The van der Waals surface area contributed by atoms with Gasteiger partial charge in [-0.3, -0.25) is 0 Å².